The van der Waals surface area contributed by atoms with E-state index in [9.17, 15) is 9.18 Å². The van der Waals surface area contributed by atoms with Gasteiger partial charge >= 0.3 is 0 Å². The number of benzene rings is 1. The second-order valence-corrected chi connectivity index (χ2v) is 5.74. The van der Waals surface area contributed by atoms with Gasteiger partial charge in [0, 0.05) is 12.0 Å². The van der Waals surface area contributed by atoms with Gasteiger partial charge in [-0.05, 0) is 50.3 Å². The minimum absolute atomic E-state index is 0.0306. The summed E-state index contributed by atoms with van der Waals surface area (Å²) in [6.45, 7) is 2.48. The molecule has 1 aromatic rings. The summed E-state index contributed by atoms with van der Waals surface area (Å²) in [6, 6.07) is 6.63. The van der Waals surface area contributed by atoms with Crippen molar-refractivity contribution in [2.75, 3.05) is 6.54 Å². The van der Waals surface area contributed by atoms with E-state index in [4.69, 9.17) is 5.73 Å². The second-order valence-electron chi connectivity index (χ2n) is 5.74. The number of hydrogen-bond acceptors (Lipinski definition) is 2. The van der Waals surface area contributed by atoms with Crippen LogP contribution in [0.25, 0.3) is 0 Å². The zero-order chi connectivity index (χ0) is 14.5. The molecule has 1 aromatic carbocycles. The third-order valence-electron chi connectivity index (χ3n) is 4.17. The first kappa shape index (κ1) is 15.0. The second kappa shape index (κ2) is 6.84. The van der Waals surface area contributed by atoms with Gasteiger partial charge < -0.3 is 11.1 Å². The molecule has 2 rings (SSSR count). The first-order valence-electron chi connectivity index (χ1n) is 7.35. The fraction of sp³-hybridized carbons (Fsp3) is 0.562. The highest BCUT2D eigenvalue weighted by Gasteiger charge is 2.32. The molecule has 0 heterocycles. The fourth-order valence-corrected chi connectivity index (χ4v) is 3.06. The molecule has 0 saturated heterocycles. The molecule has 0 spiro atoms. The average Bonchev–Trinajstić information content (AvgIpc) is 2.89. The van der Waals surface area contributed by atoms with Crippen molar-refractivity contribution in [3.8, 4) is 0 Å². The first-order valence-corrected chi connectivity index (χ1v) is 7.35. The van der Waals surface area contributed by atoms with Crippen LogP contribution in [-0.2, 0) is 11.2 Å². The van der Waals surface area contributed by atoms with E-state index in [-0.39, 0.29) is 23.7 Å². The summed E-state index contributed by atoms with van der Waals surface area (Å²) in [5.74, 6) is 0.190. The SMILES string of the molecule is CC(Cc1ccccc1F)NC(=O)[C@@H]1CCC[C@@H]1CN. The molecule has 110 valence electrons. The molecule has 1 unspecified atom stereocenters. The highest BCUT2D eigenvalue weighted by Crippen LogP contribution is 2.31. The van der Waals surface area contributed by atoms with Crippen LogP contribution in [0.5, 0.6) is 0 Å². The predicted molar refractivity (Wildman–Crippen MR) is 77.6 cm³/mol. The molecule has 0 aliphatic heterocycles. The van der Waals surface area contributed by atoms with Crippen LogP contribution >= 0.6 is 0 Å². The Bertz CT molecular complexity index is 464. The Morgan fingerprint density at radius 2 is 2.20 bits per heavy atom. The lowest BCUT2D eigenvalue weighted by atomic mass is 9.95. The largest absolute Gasteiger partial charge is 0.353 e. The molecule has 1 amide bonds. The number of hydrogen-bond donors (Lipinski definition) is 2. The molecule has 1 fully saturated rings. The molecular weight excluding hydrogens is 255 g/mol. The maximum absolute atomic E-state index is 13.6. The summed E-state index contributed by atoms with van der Waals surface area (Å²) in [6.07, 6.45) is 3.54. The number of nitrogens with one attached hydrogen (secondary N) is 1. The lowest BCUT2D eigenvalue weighted by Gasteiger charge is -2.21. The van der Waals surface area contributed by atoms with Crippen LogP contribution in [0.4, 0.5) is 4.39 Å². The summed E-state index contributed by atoms with van der Waals surface area (Å²) in [5.41, 5.74) is 6.35. The number of amides is 1. The summed E-state index contributed by atoms with van der Waals surface area (Å²) >= 11 is 0. The van der Waals surface area contributed by atoms with Crippen molar-refractivity contribution in [1.29, 1.82) is 0 Å². The topological polar surface area (TPSA) is 55.1 Å². The van der Waals surface area contributed by atoms with Crippen LogP contribution in [0.3, 0.4) is 0 Å². The fourth-order valence-electron chi connectivity index (χ4n) is 3.06. The van der Waals surface area contributed by atoms with Crippen molar-refractivity contribution in [3.05, 3.63) is 35.6 Å². The lowest BCUT2D eigenvalue weighted by molar-refractivity contribution is -0.126. The highest BCUT2D eigenvalue weighted by atomic mass is 19.1. The van der Waals surface area contributed by atoms with Crippen LogP contribution < -0.4 is 11.1 Å². The van der Waals surface area contributed by atoms with Crippen LogP contribution in [0, 0.1) is 17.7 Å². The van der Waals surface area contributed by atoms with E-state index < -0.39 is 0 Å². The minimum atomic E-state index is -0.214. The van der Waals surface area contributed by atoms with Gasteiger partial charge in [-0.15, -0.1) is 0 Å². The van der Waals surface area contributed by atoms with Gasteiger partial charge in [0.05, 0.1) is 0 Å². The number of carbonyl (C=O) groups is 1. The molecule has 3 N–H and O–H groups in total. The standard InChI is InChI=1S/C16H23FN2O/c1-11(9-12-5-2-3-8-15(12)17)19-16(20)14-7-4-6-13(14)10-18/h2-3,5,8,11,13-14H,4,6-7,9-10,18H2,1H3,(H,19,20)/t11?,13-,14-/m1/s1. The molecule has 1 saturated carbocycles. The molecule has 0 bridgehead atoms. The molecule has 3 atom stereocenters. The van der Waals surface area contributed by atoms with Crippen LogP contribution in [0.2, 0.25) is 0 Å². The Morgan fingerprint density at radius 3 is 2.90 bits per heavy atom. The van der Waals surface area contributed by atoms with Gasteiger partial charge in [0.25, 0.3) is 0 Å². The Balaban J connectivity index is 1.89. The number of nitrogens with two attached hydrogens (primary N) is 1. The summed E-state index contributed by atoms with van der Waals surface area (Å²) in [4.78, 5) is 12.2. The highest BCUT2D eigenvalue weighted by molar-refractivity contribution is 5.79. The van der Waals surface area contributed by atoms with Gasteiger partial charge in [-0.25, -0.2) is 4.39 Å². The van der Waals surface area contributed by atoms with Crippen molar-refractivity contribution >= 4 is 5.91 Å². The summed E-state index contributed by atoms with van der Waals surface area (Å²) in [7, 11) is 0. The number of rotatable bonds is 5. The molecule has 3 nitrogen and oxygen atoms in total. The van der Waals surface area contributed by atoms with E-state index in [0.29, 0.717) is 24.4 Å². The van der Waals surface area contributed by atoms with E-state index in [1.54, 1.807) is 12.1 Å². The Morgan fingerprint density at radius 1 is 1.45 bits per heavy atom. The molecule has 20 heavy (non-hydrogen) atoms. The zero-order valence-electron chi connectivity index (χ0n) is 11.9. The molecule has 1 aliphatic rings. The van der Waals surface area contributed by atoms with E-state index in [0.717, 1.165) is 19.3 Å². The molecule has 0 radical (unpaired) electrons. The normalized spacial score (nSPS) is 23.6. The smallest absolute Gasteiger partial charge is 0.223 e. The maximum atomic E-state index is 13.6. The predicted octanol–water partition coefficient (Wildman–Crippen LogP) is 2.25. The minimum Gasteiger partial charge on any atom is -0.353 e. The average molecular weight is 278 g/mol. The van der Waals surface area contributed by atoms with Crippen molar-refractivity contribution in [1.82, 2.24) is 5.32 Å². The summed E-state index contributed by atoms with van der Waals surface area (Å²) < 4.78 is 13.6. The van der Waals surface area contributed by atoms with E-state index in [1.807, 2.05) is 13.0 Å². The van der Waals surface area contributed by atoms with Gasteiger partial charge in [-0.1, -0.05) is 24.6 Å². The molecule has 4 heteroatoms. The van der Waals surface area contributed by atoms with E-state index in [2.05, 4.69) is 5.32 Å². The lowest BCUT2D eigenvalue weighted by Crippen LogP contribution is -2.40. The van der Waals surface area contributed by atoms with Crippen molar-refractivity contribution in [2.45, 2.75) is 38.6 Å². The third kappa shape index (κ3) is 3.57. The third-order valence-corrected chi connectivity index (χ3v) is 4.17. The number of halogens is 1. The molecular formula is C16H23FN2O. The monoisotopic (exact) mass is 278 g/mol. The van der Waals surface area contributed by atoms with Crippen LogP contribution in [0.1, 0.15) is 31.7 Å². The Kier molecular flexibility index (Phi) is 5.12. The van der Waals surface area contributed by atoms with Gasteiger partial charge in [0.2, 0.25) is 5.91 Å². The Labute approximate surface area is 119 Å². The van der Waals surface area contributed by atoms with Gasteiger partial charge in [0.15, 0.2) is 0 Å². The Hall–Kier alpha value is -1.42. The molecule has 1 aliphatic carbocycles. The van der Waals surface area contributed by atoms with Crippen molar-refractivity contribution < 1.29 is 9.18 Å². The van der Waals surface area contributed by atoms with E-state index >= 15 is 0 Å². The van der Waals surface area contributed by atoms with Crippen molar-refractivity contribution in [3.63, 3.8) is 0 Å². The quantitative estimate of drug-likeness (QED) is 0.868. The van der Waals surface area contributed by atoms with Gasteiger partial charge in [0.1, 0.15) is 5.82 Å². The van der Waals surface area contributed by atoms with Crippen molar-refractivity contribution in [2.24, 2.45) is 17.6 Å². The summed E-state index contributed by atoms with van der Waals surface area (Å²) in [5, 5.41) is 3.00. The molecule has 0 aromatic heterocycles. The van der Waals surface area contributed by atoms with Gasteiger partial charge in [-0.3, -0.25) is 4.79 Å². The van der Waals surface area contributed by atoms with Gasteiger partial charge in [-0.2, -0.15) is 0 Å². The van der Waals surface area contributed by atoms with E-state index in [1.165, 1.54) is 6.07 Å². The number of carbonyl (C=O) groups excluding carboxylic acids is 1. The van der Waals surface area contributed by atoms with Crippen LogP contribution in [-0.4, -0.2) is 18.5 Å². The zero-order valence-corrected chi connectivity index (χ0v) is 11.9. The maximum Gasteiger partial charge on any atom is 0.223 e. The van der Waals surface area contributed by atoms with Crippen LogP contribution in [0.15, 0.2) is 24.3 Å². The first-order chi connectivity index (χ1) is 9.61.